The molecule has 0 radical (unpaired) electrons. The van der Waals surface area contributed by atoms with Crippen LogP contribution in [0.4, 0.5) is 5.69 Å². The van der Waals surface area contributed by atoms with Gasteiger partial charge in [-0.1, -0.05) is 11.6 Å². The van der Waals surface area contributed by atoms with Crippen LogP contribution in [0, 0.1) is 0 Å². The van der Waals surface area contributed by atoms with Crippen molar-refractivity contribution in [3.05, 3.63) is 23.2 Å². The Morgan fingerprint density at radius 1 is 1.40 bits per heavy atom. The SMILES string of the molecule is Nc1cc(Cl)ccc1O.O. The van der Waals surface area contributed by atoms with Crippen LogP contribution in [0.25, 0.3) is 0 Å². The molecule has 0 saturated carbocycles. The van der Waals surface area contributed by atoms with E-state index in [1.807, 2.05) is 0 Å². The topological polar surface area (TPSA) is 77.8 Å². The molecule has 10 heavy (non-hydrogen) atoms. The quantitative estimate of drug-likeness (QED) is 0.436. The van der Waals surface area contributed by atoms with E-state index in [1.54, 1.807) is 6.07 Å². The summed E-state index contributed by atoms with van der Waals surface area (Å²) in [5.74, 6) is 0.0689. The predicted molar refractivity (Wildman–Crippen MR) is 41.1 cm³/mol. The largest absolute Gasteiger partial charge is 0.506 e. The van der Waals surface area contributed by atoms with Crippen molar-refractivity contribution in [3.8, 4) is 5.75 Å². The number of rotatable bonds is 0. The number of aromatic hydroxyl groups is 1. The second kappa shape index (κ2) is 3.29. The summed E-state index contributed by atoms with van der Waals surface area (Å²) < 4.78 is 0. The number of benzene rings is 1. The lowest BCUT2D eigenvalue weighted by Gasteiger charge is -1.95. The highest BCUT2D eigenvalue weighted by Gasteiger charge is 1.93. The first kappa shape index (κ1) is 9.07. The van der Waals surface area contributed by atoms with Gasteiger partial charge in [-0.05, 0) is 18.2 Å². The van der Waals surface area contributed by atoms with Gasteiger partial charge in [0.05, 0.1) is 5.69 Å². The number of anilines is 1. The average Bonchev–Trinajstić information content (AvgIpc) is 1.80. The van der Waals surface area contributed by atoms with E-state index in [0.29, 0.717) is 10.7 Å². The smallest absolute Gasteiger partial charge is 0.138 e. The average molecular weight is 162 g/mol. The molecule has 0 amide bonds. The van der Waals surface area contributed by atoms with Gasteiger partial charge >= 0.3 is 0 Å². The van der Waals surface area contributed by atoms with E-state index in [1.165, 1.54) is 12.1 Å². The van der Waals surface area contributed by atoms with Crippen LogP contribution in [-0.2, 0) is 0 Å². The molecule has 0 aliphatic rings. The molecule has 56 valence electrons. The van der Waals surface area contributed by atoms with E-state index >= 15 is 0 Å². The molecule has 0 unspecified atom stereocenters. The van der Waals surface area contributed by atoms with Crippen molar-refractivity contribution in [1.82, 2.24) is 0 Å². The molecule has 1 aromatic rings. The maximum absolute atomic E-state index is 8.86. The number of phenolic OH excluding ortho intramolecular Hbond substituents is 1. The fourth-order valence-corrected chi connectivity index (χ4v) is 0.706. The van der Waals surface area contributed by atoms with Gasteiger partial charge in [0.25, 0.3) is 0 Å². The molecule has 0 saturated heterocycles. The molecular formula is C6H8ClNO2. The van der Waals surface area contributed by atoms with Crippen LogP contribution in [0.5, 0.6) is 5.75 Å². The first-order valence-electron chi connectivity index (χ1n) is 2.44. The van der Waals surface area contributed by atoms with Gasteiger partial charge in [-0.15, -0.1) is 0 Å². The van der Waals surface area contributed by atoms with Crippen molar-refractivity contribution in [2.75, 3.05) is 5.73 Å². The first-order chi connectivity index (χ1) is 4.20. The van der Waals surface area contributed by atoms with Crippen LogP contribution in [0.3, 0.4) is 0 Å². The van der Waals surface area contributed by atoms with Crippen LogP contribution >= 0.6 is 11.6 Å². The van der Waals surface area contributed by atoms with E-state index in [2.05, 4.69) is 0 Å². The third kappa shape index (κ3) is 1.79. The van der Waals surface area contributed by atoms with Crippen LogP contribution in [0.2, 0.25) is 5.02 Å². The molecule has 0 aromatic heterocycles. The van der Waals surface area contributed by atoms with E-state index in [0.717, 1.165) is 0 Å². The van der Waals surface area contributed by atoms with Gasteiger partial charge in [-0.2, -0.15) is 0 Å². The Morgan fingerprint density at radius 2 is 2.00 bits per heavy atom. The molecule has 0 aliphatic carbocycles. The van der Waals surface area contributed by atoms with E-state index in [9.17, 15) is 0 Å². The molecule has 0 atom stereocenters. The lowest BCUT2D eigenvalue weighted by atomic mass is 10.3. The van der Waals surface area contributed by atoms with E-state index in [-0.39, 0.29) is 11.2 Å². The van der Waals surface area contributed by atoms with E-state index in [4.69, 9.17) is 22.4 Å². The third-order valence-electron chi connectivity index (χ3n) is 0.990. The minimum atomic E-state index is 0. The summed E-state index contributed by atoms with van der Waals surface area (Å²) in [7, 11) is 0. The number of phenols is 1. The zero-order valence-corrected chi connectivity index (χ0v) is 5.89. The van der Waals surface area contributed by atoms with Gasteiger partial charge < -0.3 is 16.3 Å². The van der Waals surface area contributed by atoms with Crippen LogP contribution in [0.1, 0.15) is 0 Å². The fraction of sp³-hybridized carbons (Fsp3) is 0. The molecule has 0 fully saturated rings. The Labute approximate surface area is 63.3 Å². The minimum absolute atomic E-state index is 0. The van der Waals surface area contributed by atoms with Gasteiger partial charge in [-0.3, -0.25) is 0 Å². The van der Waals surface area contributed by atoms with Gasteiger partial charge in [0.15, 0.2) is 0 Å². The predicted octanol–water partition coefficient (Wildman–Crippen LogP) is 0.803. The highest BCUT2D eigenvalue weighted by atomic mass is 35.5. The van der Waals surface area contributed by atoms with E-state index < -0.39 is 0 Å². The number of hydrogen-bond acceptors (Lipinski definition) is 2. The molecule has 0 aliphatic heterocycles. The Kier molecular flexibility index (Phi) is 2.99. The monoisotopic (exact) mass is 161 g/mol. The van der Waals surface area contributed by atoms with Gasteiger partial charge in [0, 0.05) is 5.02 Å². The summed E-state index contributed by atoms with van der Waals surface area (Å²) in [5.41, 5.74) is 5.59. The maximum atomic E-state index is 8.86. The summed E-state index contributed by atoms with van der Waals surface area (Å²) in [4.78, 5) is 0. The van der Waals surface area contributed by atoms with Gasteiger partial charge in [-0.25, -0.2) is 0 Å². The second-order valence-corrected chi connectivity index (χ2v) is 2.14. The Balaban J connectivity index is 0.000000810. The fourth-order valence-electron chi connectivity index (χ4n) is 0.525. The number of nitrogens with two attached hydrogens (primary N) is 1. The van der Waals surface area contributed by atoms with Crippen molar-refractivity contribution < 1.29 is 10.6 Å². The van der Waals surface area contributed by atoms with Crippen molar-refractivity contribution in [2.45, 2.75) is 0 Å². The Bertz CT molecular complexity index is 227. The maximum Gasteiger partial charge on any atom is 0.138 e. The molecular weight excluding hydrogens is 154 g/mol. The Morgan fingerprint density at radius 3 is 2.40 bits per heavy atom. The standard InChI is InChI=1S/C6H6ClNO.H2O/c7-4-1-2-6(9)5(8)3-4;/h1-3,9H,8H2;1H2. The lowest BCUT2D eigenvalue weighted by Crippen LogP contribution is -1.83. The molecule has 1 rings (SSSR count). The number of hydrogen-bond donors (Lipinski definition) is 2. The van der Waals surface area contributed by atoms with Gasteiger partial charge in [0.2, 0.25) is 0 Å². The normalized spacial score (nSPS) is 8.50. The van der Waals surface area contributed by atoms with Crippen molar-refractivity contribution in [1.29, 1.82) is 0 Å². The summed E-state index contributed by atoms with van der Waals surface area (Å²) in [5, 5.41) is 9.39. The molecule has 0 bridgehead atoms. The van der Waals surface area contributed by atoms with Crippen molar-refractivity contribution >= 4 is 17.3 Å². The lowest BCUT2D eigenvalue weighted by molar-refractivity contribution is 0.478. The summed E-state index contributed by atoms with van der Waals surface area (Å²) in [6, 6.07) is 4.53. The zero-order chi connectivity index (χ0) is 6.85. The molecule has 1 aromatic carbocycles. The van der Waals surface area contributed by atoms with Crippen LogP contribution < -0.4 is 5.73 Å². The highest BCUT2D eigenvalue weighted by Crippen LogP contribution is 2.22. The summed E-state index contributed by atoms with van der Waals surface area (Å²) in [6.45, 7) is 0. The first-order valence-corrected chi connectivity index (χ1v) is 2.82. The number of nitrogen functional groups attached to an aromatic ring is 1. The third-order valence-corrected chi connectivity index (χ3v) is 1.22. The number of halogens is 1. The minimum Gasteiger partial charge on any atom is -0.506 e. The highest BCUT2D eigenvalue weighted by molar-refractivity contribution is 6.30. The molecule has 0 spiro atoms. The van der Waals surface area contributed by atoms with Crippen LogP contribution in [0.15, 0.2) is 18.2 Å². The van der Waals surface area contributed by atoms with Crippen LogP contribution in [-0.4, -0.2) is 10.6 Å². The summed E-state index contributed by atoms with van der Waals surface area (Å²) >= 11 is 5.53. The van der Waals surface area contributed by atoms with Gasteiger partial charge in [0.1, 0.15) is 5.75 Å². The second-order valence-electron chi connectivity index (χ2n) is 1.70. The molecule has 3 nitrogen and oxygen atoms in total. The van der Waals surface area contributed by atoms with Crippen molar-refractivity contribution in [3.63, 3.8) is 0 Å². The summed E-state index contributed by atoms with van der Waals surface area (Å²) in [6.07, 6.45) is 0. The van der Waals surface area contributed by atoms with Crippen molar-refractivity contribution in [2.24, 2.45) is 0 Å². The molecule has 4 heteroatoms. The Hall–Kier alpha value is -0.930. The molecule has 0 heterocycles. The molecule has 5 N–H and O–H groups in total. The zero-order valence-electron chi connectivity index (χ0n) is 5.13.